The van der Waals surface area contributed by atoms with Gasteiger partial charge in [-0.25, -0.2) is 0 Å². The van der Waals surface area contributed by atoms with Crippen LogP contribution in [0.4, 0.5) is 0 Å². The van der Waals surface area contributed by atoms with Crippen LogP contribution in [0.2, 0.25) is 0 Å². The molecule has 1 atom stereocenters. The van der Waals surface area contributed by atoms with E-state index in [0.29, 0.717) is 37.9 Å². The number of aliphatic hydroxyl groups is 1. The van der Waals surface area contributed by atoms with Crippen molar-refractivity contribution in [2.45, 2.75) is 83.6 Å². The number of amides is 1. The van der Waals surface area contributed by atoms with Gasteiger partial charge in [0.1, 0.15) is 5.76 Å². The van der Waals surface area contributed by atoms with Gasteiger partial charge in [0.05, 0.1) is 23.8 Å². The van der Waals surface area contributed by atoms with E-state index in [-0.39, 0.29) is 17.8 Å². The minimum Gasteiger partial charge on any atom is -0.509 e. The Hall–Kier alpha value is -1.85. The number of nitrogens with one attached hydrogen (secondary N) is 1. The molecular weight excluding hydrogens is 354 g/mol. The van der Waals surface area contributed by atoms with Crippen molar-refractivity contribution in [3.05, 3.63) is 40.1 Å². The largest absolute Gasteiger partial charge is 0.509 e. The van der Waals surface area contributed by atoms with Gasteiger partial charge >= 0.3 is 0 Å². The molecule has 1 saturated carbocycles. The maximum Gasteiger partial charge on any atom is 0.256 e. The van der Waals surface area contributed by atoms with Gasteiger partial charge in [0.15, 0.2) is 5.79 Å². The second-order valence-corrected chi connectivity index (χ2v) is 8.78. The monoisotopic (exact) mass is 385 g/mol. The maximum atomic E-state index is 12.9. The molecule has 5 heteroatoms. The number of hydrogen-bond acceptors (Lipinski definition) is 4. The summed E-state index contributed by atoms with van der Waals surface area (Å²) < 4.78 is 12.3. The summed E-state index contributed by atoms with van der Waals surface area (Å²) in [6.07, 6.45) is 4.84. The highest BCUT2D eigenvalue weighted by molar-refractivity contribution is 6.24. The van der Waals surface area contributed by atoms with Crippen LogP contribution in [0, 0.1) is 20.8 Å². The van der Waals surface area contributed by atoms with E-state index in [4.69, 9.17) is 9.47 Å². The summed E-state index contributed by atoms with van der Waals surface area (Å²) in [7, 11) is 0. The molecule has 1 aromatic rings. The first-order valence-corrected chi connectivity index (χ1v) is 10.5. The van der Waals surface area contributed by atoms with Crippen LogP contribution in [-0.2, 0) is 14.3 Å². The van der Waals surface area contributed by atoms with E-state index < -0.39 is 11.3 Å². The predicted octanol–water partition coefficient (Wildman–Crippen LogP) is 4.24. The minimum absolute atomic E-state index is 0.162. The summed E-state index contributed by atoms with van der Waals surface area (Å²) in [5.74, 6) is -0.541. The van der Waals surface area contributed by atoms with Crippen molar-refractivity contribution >= 4 is 11.5 Å². The van der Waals surface area contributed by atoms with Crippen molar-refractivity contribution in [3.63, 3.8) is 0 Å². The fourth-order valence-corrected chi connectivity index (χ4v) is 5.25. The van der Waals surface area contributed by atoms with Gasteiger partial charge in [0.25, 0.3) is 5.91 Å². The summed E-state index contributed by atoms with van der Waals surface area (Å²) in [4.78, 5) is 12.9. The number of carbonyl (C=O) groups excluding carboxylic acids is 1. The first-order valence-electron chi connectivity index (χ1n) is 10.5. The average Bonchev–Trinajstić information content (AvgIpc) is 3.12. The van der Waals surface area contributed by atoms with E-state index in [1.165, 1.54) is 0 Å². The lowest BCUT2D eigenvalue weighted by molar-refractivity contribution is -0.195. The number of rotatable bonds is 3. The third kappa shape index (κ3) is 3.05. The number of aryl methyl sites for hydroxylation is 3. The van der Waals surface area contributed by atoms with E-state index in [1.54, 1.807) is 0 Å². The standard InChI is InChI=1S/C23H31NO4/c1-5-6-17-13-27-23(28-17)9-7-22(8-10-23)20(25)19(21(26)24-22)18-15(3)11-14(2)12-16(18)4/h11-12,17,25H,5-10,13H2,1-4H3,(H,24,26). The molecule has 1 aromatic carbocycles. The van der Waals surface area contributed by atoms with E-state index >= 15 is 0 Å². The fraction of sp³-hybridized carbons (Fsp3) is 0.609. The van der Waals surface area contributed by atoms with Gasteiger partial charge in [0, 0.05) is 12.8 Å². The van der Waals surface area contributed by atoms with Crippen LogP contribution in [0.3, 0.4) is 0 Å². The predicted molar refractivity (Wildman–Crippen MR) is 108 cm³/mol. The topological polar surface area (TPSA) is 67.8 Å². The molecule has 4 rings (SSSR count). The van der Waals surface area contributed by atoms with Crippen molar-refractivity contribution in [3.8, 4) is 0 Å². The molecule has 1 saturated heterocycles. The Morgan fingerprint density at radius 3 is 2.39 bits per heavy atom. The molecule has 1 aliphatic carbocycles. The summed E-state index contributed by atoms with van der Waals surface area (Å²) in [6, 6.07) is 4.12. The van der Waals surface area contributed by atoms with E-state index in [1.807, 2.05) is 20.8 Å². The van der Waals surface area contributed by atoms with Gasteiger partial charge in [-0.2, -0.15) is 0 Å². The Morgan fingerprint density at radius 1 is 1.14 bits per heavy atom. The van der Waals surface area contributed by atoms with Gasteiger partial charge in [-0.15, -0.1) is 0 Å². The smallest absolute Gasteiger partial charge is 0.256 e. The Morgan fingerprint density at radius 2 is 1.79 bits per heavy atom. The lowest BCUT2D eigenvalue weighted by Gasteiger charge is -2.41. The molecule has 5 nitrogen and oxygen atoms in total. The third-order valence-electron chi connectivity index (χ3n) is 6.59. The molecule has 0 bridgehead atoms. The van der Waals surface area contributed by atoms with E-state index in [9.17, 15) is 9.90 Å². The van der Waals surface area contributed by atoms with Crippen molar-refractivity contribution in [1.29, 1.82) is 0 Å². The van der Waals surface area contributed by atoms with E-state index in [2.05, 4.69) is 24.4 Å². The highest BCUT2D eigenvalue weighted by Crippen LogP contribution is 2.48. The molecule has 2 N–H and O–H groups in total. The molecule has 1 amide bonds. The second kappa shape index (κ2) is 6.89. The highest BCUT2D eigenvalue weighted by atomic mass is 16.7. The van der Waals surface area contributed by atoms with E-state index in [0.717, 1.165) is 35.1 Å². The summed E-state index contributed by atoms with van der Waals surface area (Å²) in [5, 5.41) is 14.3. The van der Waals surface area contributed by atoms with Crippen LogP contribution in [0.5, 0.6) is 0 Å². The van der Waals surface area contributed by atoms with Gasteiger partial charge in [-0.1, -0.05) is 31.0 Å². The van der Waals surface area contributed by atoms with Crippen LogP contribution in [0.1, 0.15) is 67.7 Å². The average molecular weight is 386 g/mol. The maximum absolute atomic E-state index is 12.9. The number of benzene rings is 1. The number of carbonyl (C=O) groups is 1. The van der Waals surface area contributed by atoms with Gasteiger partial charge in [0.2, 0.25) is 0 Å². The van der Waals surface area contributed by atoms with Crippen LogP contribution < -0.4 is 5.32 Å². The normalized spacial score (nSPS) is 32.6. The quantitative estimate of drug-likeness (QED) is 0.817. The third-order valence-corrected chi connectivity index (χ3v) is 6.59. The first kappa shape index (κ1) is 19.5. The Bertz CT molecular complexity index is 810. The minimum atomic E-state index is -0.697. The Labute approximate surface area is 167 Å². The summed E-state index contributed by atoms with van der Waals surface area (Å²) in [6.45, 7) is 8.83. The molecular formula is C23H31NO4. The highest BCUT2D eigenvalue weighted by Gasteiger charge is 2.54. The van der Waals surface area contributed by atoms with Crippen molar-refractivity contribution in [2.75, 3.05) is 6.61 Å². The molecule has 3 aliphatic rings. The molecule has 2 heterocycles. The van der Waals surface area contributed by atoms with Crippen LogP contribution in [-0.4, -0.2) is 35.1 Å². The molecule has 1 unspecified atom stereocenters. The molecule has 2 fully saturated rings. The lowest BCUT2D eigenvalue weighted by atomic mass is 9.77. The molecule has 152 valence electrons. The summed E-state index contributed by atoms with van der Waals surface area (Å²) in [5.41, 5.74) is 3.78. The van der Waals surface area contributed by atoms with Crippen LogP contribution in [0.15, 0.2) is 17.9 Å². The Kier molecular flexibility index (Phi) is 4.79. The van der Waals surface area contributed by atoms with Crippen molar-refractivity contribution in [1.82, 2.24) is 5.32 Å². The number of aliphatic hydroxyl groups excluding tert-OH is 1. The molecule has 0 radical (unpaired) electrons. The van der Waals surface area contributed by atoms with Gasteiger partial charge in [-0.3, -0.25) is 4.79 Å². The molecule has 28 heavy (non-hydrogen) atoms. The zero-order valence-corrected chi connectivity index (χ0v) is 17.4. The molecule has 2 spiro atoms. The molecule has 2 aliphatic heterocycles. The number of ether oxygens (including phenoxy) is 2. The first-order chi connectivity index (χ1) is 13.3. The van der Waals surface area contributed by atoms with Crippen LogP contribution in [0.25, 0.3) is 5.57 Å². The fourth-order valence-electron chi connectivity index (χ4n) is 5.25. The lowest BCUT2D eigenvalue weighted by Crippen LogP contribution is -2.51. The Balaban J connectivity index is 1.61. The zero-order chi connectivity index (χ0) is 20.1. The van der Waals surface area contributed by atoms with Crippen LogP contribution >= 0.6 is 0 Å². The van der Waals surface area contributed by atoms with Gasteiger partial charge < -0.3 is 19.9 Å². The second-order valence-electron chi connectivity index (χ2n) is 8.78. The SMILES string of the molecule is CCCC1COC2(CCC3(CC2)NC(=O)C(c2c(C)cc(C)cc2C)=C3O)O1. The zero-order valence-electron chi connectivity index (χ0n) is 17.4. The van der Waals surface area contributed by atoms with Gasteiger partial charge in [-0.05, 0) is 56.7 Å². The summed E-state index contributed by atoms with van der Waals surface area (Å²) >= 11 is 0. The molecule has 0 aromatic heterocycles. The van der Waals surface area contributed by atoms with Crippen molar-refractivity contribution in [2.24, 2.45) is 0 Å². The van der Waals surface area contributed by atoms with Crippen molar-refractivity contribution < 1.29 is 19.4 Å². The number of hydrogen-bond donors (Lipinski definition) is 2.